The fraction of sp³-hybridized carbons (Fsp3) is 0.176. The maximum Gasteiger partial charge on any atom is 0.134 e. The van der Waals surface area contributed by atoms with Crippen LogP contribution in [-0.2, 0) is 6.54 Å². The molecule has 2 aromatic carbocycles. The number of anilines is 1. The van der Waals surface area contributed by atoms with Gasteiger partial charge in [0.15, 0.2) is 0 Å². The standard InChI is InChI=1S/C17H16BrNO/c1-11-7-12(2)17(15(18)8-11)19-10-14-9-13-5-3-4-6-16(13)20-14/h3-9,19H,10H2,1-2H3. The minimum absolute atomic E-state index is 0.678. The Balaban J connectivity index is 1.83. The molecule has 102 valence electrons. The van der Waals surface area contributed by atoms with E-state index in [1.807, 2.05) is 18.2 Å². The normalized spacial score (nSPS) is 10.9. The second-order valence-electron chi connectivity index (χ2n) is 5.04. The molecule has 1 heterocycles. The van der Waals surface area contributed by atoms with Gasteiger partial charge in [-0.25, -0.2) is 0 Å². The summed E-state index contributed by atoms with van der Waals surface area (Å²) in [7, 11) is 0. The average molecular weight is 330 g/mol. The molecule has 0 atom stereocenters. The van der Waals surface area contributed by atoms with E-state index in [0.29, 0.717) is 6.54 Å². The van der Waals surface area contributed by atoms with Gasteiger partial charge in [0.2, 0.25) is 0 Å². The number of rotatable bonds is 3. The summed E-state index contributed by atoms with van der Waals surface area (Å²) in [6.45, 7) is 4.89. The van der Waals surface area contributed by atoms with E-state index < -0.39 is 0 Å². The minimum atomic E-state index is 0.678. The van der Waals surface area contributed by atoms with E-state index in [2.05, 4.69) is 59.4 Å². The van der Waals surface area contributed by atoms with E-state index in [1.165, 1.54) is 11.1 Å². The molecule has 0 amide bonds. The number of benzene rings is 2. The Hall–Kier alpha value is -1.74. The number of hydrogen-bond acceptors (Lipinski definition) is 2. The lowest BCUT2D eigenvalue weighted by Crippen LogP contribution is -2.01. The highest BCUT2D eigenvalue weighted by Crippen LogP contribution is 2.28. The predicted molar refractivity (Wildman–Crippen MR) is 87.2 cm³/mol. The largest absolute Gasteiger partial charge is 0.459 e. The van der Waals surface area contributed by atoms with Gasteiger partial charge in [0.25, 0.3) is 0 Å². The number of para-hydroxylation sites is 1. The van der Waals surface area contributed by atoms with Gasteiger partial charge in [-0.15, -0.1) is 0 Å². The lowest BCUT2D eigenvalue weighted by atomic mass is 10.1. The first-order chi connectivity index (χ1) is 9.63. The first-order valence-electron chi connectivity index (χ1n) is 6.61. The Bertz CT molecular complexity index is 705. The van der Waals surface area contributed by atoms with Crippen molar-refractivity contribution in [1.29, 1.82) is 0 Å². The summed E-state index contributed by atoms with van der Waals surface area (Å²) >= 11 is 3.61. The van der Waals surface area contributed by atoms with Crippen LogP contribution in [0.4, 0.5) is 5.69 Å². The fourth-order valence-electron chi connectivity index (χ4n) is 2.44. The van der Waals surface area contributed by atoms with Crippen molar-refractivity contribution < 1.29 is 4.42 Å². The van der Waals surface area contributed by atoms with E-state index in [4.69, 9.17) is 4.42 Å². The topological polar surface area (TPSA) is 25.2 Å². The summed E-state index contributed by atoms with van der Waals surface area (Å²) < 4.78 is 6.90. The van der Waals surface area contributed by atoms with Crippen LogP contribution in [0.1, 0.15) is 16.9 Å². The molecule has 2 nitrogen and oxygen atoms in total. The fourth-order valence-corrected chi connectivity index (χ4v) is 3.25. The zero-order valence-corrected chi connectivity index (χ0v) is 13.1. The van der Waals surface area contributed by atoms with Gasteiger partial charge in [-0.3, -0.25) is 0 Å². The highest BCUT2D eigenvalue weighted by atomic mass is 79.9. The second-order valence-corrected chi connectivity index (χ2v) is 5.90. The predicted octanol–water partition coefficient (Wildman–Crippen LogP) is 5.42. The SMILES string of the molecule is Cc1cc(C)c(NCc2cc3ccccc3o2)c(Br)c1. The third kappa shape index (κ3) is 2.59. The van der Waals surface area contributed by atoms with Gasteiger partial charge in [-0.2, -0.15) is 0 Å². The van der Waals surface area contributed by atoms with Crippen LogP contribution in [0.5, 0.6) is 0 Å². The summed E-state index contributed by atoms with van der Waals surface area (Å²) in [5.74, 6) is 0.943. The Labute approximate surface area is 126 Å². The molecule has 0 radical (unpaired) electrons. The van der Waals surface area contributed by atoms with E-state index in [9.17, 15) is 0 Å². The third-order valence-electron chi connectivity index (χ3n) is 3.35. The Kier molecular flexibility index (Phi) is 3.53. The molecule has 20 heavy (non-hydrogen) atoms. The highest BCUT2D eigenvalue weighted by Gasteiger charge is 2.07. The van der Waals surface area contributed by atoms with E-state index in [1.54, 1.807) is 0 Å². The number of halogens is 1. The van der Waals surface area contributed by atoms with Gasteiger partial charge in [0, 0.05) is 9.86 Å². The maximum atomic E-state index is 5.82. The van der Waals surface area contributed by atoms with Gasteiger partial charge < -0.3 is 9.73 Å². The van der Waals surface area contributed by atoms with Crippen LogP contribution in [0, 0.1) is 13.8 Å². The Morgan fingerprint density at radius 3 is 2.65 bits per heavy atom. The van der Waals surface area contributed by atoms with Crippen molar-refractivity contribution in [2.75, 3.05) is 5.32 Å². The lowest BCUT2D eigenvalue weighted by Gasteiger charge is -2.11. The third-order valence-corrected chi connectivity index (χ3v) is 3.97. The zero-order chi connectivity index (χ0) is 14.1. The first kappa shape index (κ1) is 13.3. The molecule has 0 bridgehead atoms. The van der Waals surface area contributed by atoms with Crippen LogP contribution in [-0.4, -0.2) is 0 Å². The van der Waals surface area contributed by atoms with Crippen LogP contribution < -0.4 is 5.32 Å². The van der Waals surface area contributed by atoms with Gasteiger partial charge >= 0.3 is 0 Å². The number of nitrogens with one attached hydrogen (secondary N) is 1. The van der Waals surface area contributed by atoms with Gasteiger partial charge in [0.05, 0.1) is 12.2 Å². The molecule has 0 saturated heterocycles. The summed E-state index contributed by atoms with van der Waals surface area (Å²) in [6.07, 6.45) is 0. The summed E-state index contributed by atoms with van der Waals surface area (Å²) in [4.78, 5) is 0. The molecule has 0 unspecified atom stereocenters. The van der Waals surface area contributed by atoms with E-state index in [-0.39, 0.29) is 0 Å². The monoisotopic (exact) mass is 329 g/mol. The van der Waals surface area contributed by atoms with Crippen molar-refractivity contribution >= 4 is 32.6 Å². The summed E-state index contributed by atoms with van der Waals surface area (Å²) in [5.41, 5.74) is 4.54. The van der Waals surface area contributed by atoms with Crippen LogP contribution in [0.25, 0.3) is 11.0 Å². The van der Waals surface area contributed by atoms with Gasteiger partial charge in [-0.1, -0.05) is 24.3 Å². The van der Waals surface area contributed by atoms with Crippen LogP contribution in [0.2, 0.25) is 0 Å². The molecule has 0 aliphatic rings. The highest BCUT2D eigenvalue weighted by molar-refractivity contribution is 9.10. The van der Waals surface area contributed by atoms with Crippen LogP contribution in [0.3, 0.4) is 0 Å². The average Bonchev–Trinajstić information content (AvgIpc) is 2.80. The van der Waals surface area contributed by atoms with Gasteiger partial charge in [-0.05, 0) is 59.1 Å². The molecule has 3 aromatic rings. The quantitative estimate of drug-likeness (QED) is 0.693. The Morgan fingerprint density at radius 1 is 1.10 bits per heavy atom. The number of furan rings is 1. The molecule has 1 aromatic heterocycles. The number of aryl methyl sites for hydroxylation is 2. The van der Waals surface area contributed by atoms with E-state index >= 15 is 0 Å². The second kappa shape index (κ2) is 5.33. The van der Waals surface area contributed by atoms with Crippen molar-refractivity contribution in [3.63, 3.8) is 0 Å². The maximum absolute atomic E-state index is 5.82. The molecule has 0 spiro atoms. The molecule has 3 heteroatoms. The van der Waals surface area contributed by atoms with E-state index in [0.717, 1.165) is 26.9 Å². The molecule has 0 saturated carbocycles. The molecular formula is C17H16BrNO. The summed E-state index contributed by atoms with van der Waals surface area (Å²) in [6, 6.07) is 14.4. The minimum Gasteiger partial charge on any atom is -0.459 e. The smallest absolute Gasteiger partial charge is 0.134 e. The Morgan fingerprint density at radius 2 is 1.90 bits per heavy atom. The molecule has 0 aliphatic carbocycles. The molecule has 3 rings (SSSR count). The van der Waals surface area contributed by atoms with Crippen molar-refractivity contribution in [3.05, 3.63) is 63.8 Å². The van der Waals surface area contributed by atoms with Crippen molar-refractivity contribution in [2.45, 2.75) is 20.4 Å². The van der Waals surface area contributed by atoms with Crippen molar-refractivity contribution in [1.82, 2.24) is 0 Å². The van der Waals surface area contributed by atoms with Crippen molar-refractivity contribution in [3.8, 4) is 0 Å². The van der Waals surface area contributed by atoms with Crippen LogP contribution in [0.15, 0.2) is 51.4 Å². The number of fused-ring (bicyclic) bond motifs is 1. The summed E-state index contributed by atoms with van der Waals surface area (Å²) in [5, 5.41) is 4.59. The lowest BCUT2D eigenvalue weighted by molar-refractivity contribution is 0.559. The van der Waals surface area contributed by atoms with Crippen LogP contribution >= 0.6 is 15.9 Å². The number of hydrogen-bond donors (Lipinski definition) is 1. The van der Waals surface area contributed by atoms with Gasteiger partial charge in [0.1, 0.15) is 11.3 Å². The molecule has 0 aliphatic heterocycles. The molecule has 0 fully saturated rings. The molecular weight excluding hydrogens is 314 g/mol. The first-order valence-corrected chi connectivity index (χ1v) is 7.41. The van der Waals surface area contributed by atoms with Crippen molar-refractivity contribution in [2.24, 2.45) is 0 Å². The zero-order valence-electron chi connectivity index (χ0n) is 11.5. The molecule has 1 N–H and O–H groups in total.